The van der Waals surface area contributed by atoms with Gasteiger partial charge in [-0.2, -0.15) is 0 Å². The molecule has 0 aliphatic carbocycles. The Bertz CT molecular complexity index is 1380. The highest BCUT2D eigenvalue weighted by molar-refractivity contribution is 7.86. The Hall–Kier alpha value is -3.11. The number of aromatic nitrogens is 1. The van der Waals surface area contributed by atoms with Crippen LogP contribution in [-0.4, -0.2) is 58.6 Å². The molecule has 4 rings (SSSR count). The third-order valence-electron chi connectivity index (χ3n) is 7.49. The Kier molecular flexibility index (Phi) is 9.96. The first kappa shape index (κ1) is 30.8. The van der Waals surface area contributed by atoms with Crippen molar-refractivity contribution >= 4 is 40.1 Å². The summed E-state index contributed by atoms with van der Waals surface area (Å²) in [4.78, 5) is 23.8. The monoisotopic (exact) mass is 598 g/mol. The van der Waals surface area contributed by atoms with Gasteiger partial charge in [0.25, 0.3) is 0 Å². The number of anilines is 2. The second-order valence-electron chi connectivity index (χ2n) is 11.1. The minimum atomic E-state index is -1.54. The first-order valence-electron chi connectivity index (χ1n) is 14.2. The van der Waals surface area contributed by atoms with E-state index in [4.69, 9.17) is 14.5 Å². The first-order valence-corrected chi connectivity index (χ1v) is 16.2. The lowest BCUT2D eigenvalue weighted by molar-refractivity contribution is 0.0187. The highest BCUT2D eigenvalue weighted by atomic mass is 32.2. The van der Waals surface area contributed by atoms with Crippen LogP contribution in [0.4, 0.5) is 16.4 Å². The summed E-state index contributed by atoms with van der Waals surface area (Å²) < 4.78 is 27.9. The molecule has 8 nitrogen and oxygen atoms in total. The van der Waals surface area contributed by atoms with Crippen LogP contribution in [0.15, 0.2) is 46.7 Å². The topological polar surface area (TPSA) is 84.0 Å². The standard InChI is InChI=1S/C31H42N4O4S2/c1-9-25(19(2)3)39-31(36)35-22(6)16-34(17-23(35)7)29-13-11-26(38-8)30(32-29)33-41(37)28-12-10-24(15-21(28)5)27-14-20(4)18-40-27/h10-15,18-19,22-23,25H,9,16-17H2,1-8H3,(H,32,33)/t22-,23+,25?,41?. The van der Waals surface area contributed by atoms with Crippen molar-refractivity contribution in [2.45, 2.75) is 78.0 Å². The molecule has 1 amide bonds. The number of amides is 1. The second-order valence-corrected chi connectivity index (χ2v) is 13.2. The van der Waals surface area contributed by atoms with E-state index in [0.717, 1.165) is 23.4 Å². The van der Waals surface area contributed by atoms with Crippen molar-refractivity contribution in [3.05, 3.63) is 52.9 Å². The minimum Gasteiger partial charge on any atom is -0.493 e. The number of carbonyl (C=O) groups excluding carboxylic acids is 1. The number of aryl methyl sites for hydroxylation is 2. The third-order valence-corrected chi connectivity index (χ3v) is 9.83. The van der Waals surface area contributed by atoms with Gasteiger partial charge in [0.05, 0.1) is 24.1 Å². The lowest BCUT2D eigenvalue weighted by Crippen LogP contribution is -2.59. The Balaban J connectivity index is 1.49. The smallest absolute Gasteiger partial charge is 0.410 e. The zero-order valence-corrected chi connectivity index (χ0v) is 26.9. The van der Waals surface area contributed by atoms with Crippen molar-refractivity contribution in [2.24, 2.45) is 5.92 Å². The van der Waals surface area contributed by atoms with E-state index < -0.39 is 11.0 Å². The van der Waals surface area contributed by atoms with Gasteiger partial charge in [0.15, 0.2) is 22.6 Å². The van der Waals surface area contributed by atoms with Gasteiger partial charge in [-0.05, 0) is 92.4 Å². The minimum absolute atomic E-state index is 0.0707. The molecule has 1 aromatic carbocycles. The first-order chi connectivity index (χ1) is 19.5. The number of nitrogens with one attached hydrogen (secondary N) is 1. The van der Waals surface area contributed by atoms with Crippen LogP contribution in [0.1, 0.15) is 52.2 Å². The number of rotatable bonds is 9. The zero-order valence-electron chi connectivity index (χ0n) is 25.3. The molecule has 1 N–H and O–H groups in total. The lowest BCUT2D eigenvalue weighted by atomic mass is 10.1. The molecule has 0 spiro atoms. The average Bonchev–Trinajstić information content (AvgIpc) is 3.37. The van der Waals surface area contributed by atoms with Crippen LogP contribution in [-0.2, 0) is 15.7 Å². The number of nitrogens with zero attached hydrogens (tertiary/aromatic N) is 3. The predicted octanol–water partition coefficient (Wildman–Crippen LogP) is 7.04. The summed E-state index contributed by atoms with van der Waals surface area (Å²) >= 11 is 1.70. The maximum absolute atomic E-state index is 13.5. The van der Waals surface area contributed by atoms with E-state index in [1.54, 1.807) is 18.4 Å². The fourth-order valence-corrected chi connectivity index (χ4v) is 7.21. The number of hydrogen-bond acceptors (Lipinski definition) is 7. The molecule has 0 bridgehead atoms. The van der Waals surface area contributed by atoms with Crippen LogP contribution < -0.4 is 14.4 Å². The molecule has 2 unspecified atom stereocenters. The van der Waals surface area contributed by atoms with Crippen molar-refractivity contribution in [3.8, 4) is 16.2 Å². The fourth-order valence-electron chi connectivity index (χ4n) is 5.34. The number of ether oxygens (including phenoxy) is 2. The second kappa shape index (κ2) is 13.2. The van der Waals surface area contributed by atoms with E-state index in [-0.39, 0.29) is 30.2 Å². The largest absolute Gasteiger partial charge is 0.493 e. The molecule has 222 valence electrons. The lowest BCUT2D eigenvalue weighted by Gasteiger charge is -2.44. The number of piperazine rings is 1. The average molecular weight is 599 g/mol. The Morgan fingerprint density at radius 3 is 2.41 bits per heavy atom. The van der Waals surface area contributed by atoms with Gasteiger partial charge in [-0.1, -0.05) is 26.8 Å². The normalized spacial score (nSPS) is 18.8. The highest BCUT2D eigenvalue weighted by Gasteiger charge is 2.36. The van der Waals surface area contributed by atoms with Gasteiger partial charge in [0, 0.05) is 18.0 Å². The van der Waals surface area contributed by atoms with Gasteiger partial charge in [-0.25, -0.2) is 14.0 Å². The molecule has 0 saturated carbocycles. The molecule has 1 aliphatic heterocycles. The van der Waals surface area contributed by atoms with Crippen molar-refractivity contribution in [3.63, 3.8) is 0 Å². The molecule has 0 radical (unpaired) electrons. The van der Waals surface area contributed by atoms with Gasteiger partial charge in [0.1, 0.15) is 11.9 Å². The van der Waals surface area contributed by atoms with Crippen molar-refractivity contribution in [1.82, 2.24) is 9.88 Å². The summed E-state index contributed by atoms with van der Waals surface area (Å²) in [5.74, 6) is 1.91. The zero-order chi connectivity index (χ0) is 29.8. The number of hydrogen-bond donors (Lipinski definition) is 1. The number of pyridine rings is 1. The summed E-state index contributed by atoms with van der Waals surface area (Å²) in [5.41, 5.74) is 3.28. The Labute approximate surface area is 250 Å². The molecular formula is C31H42N4O4S2. The molecule has 2 aromatic heterocycles. The number of carbonyl (C=O) groups is 1. The van der Waals surface area contributed by atoms with E-state index >= 15 is 0 Å². The number of methoxy groups -OCH3 is 1. The Morgan fingerprint density at radius 2 is 1.85 bits per heavy atom. The van der Waals surface area contributed by atoms with Crippen LogP contribution in [0.2, 0.25) is 0 Å². The van der Waals surface area contributed by atoms with Gasteiger partial charge in [-0.3, -0.25) is 9.62 Å². The molecule has 1 fully saturated rings. The predicted molar refractivity (Wildman–Crippen MR) is 168 cm³/mol. The number of thiophene rings is 1. The summed E-state index contributed by atoms with van der Waals surface area (Å²) in [7, 11) is 0.0282. The molecule has 3 aromatic rings. The molecule has 3 heterocycles. The molecule has 1 aliphatic rings. The summed E-state index contributed by atoms with van der Waals surface area (Å²) in [6.45, 7) is 15.5. The van der Waals surface area contributed by atoms with Crippen molar-refractivity contribution < 1.29 is 18.5 Å². The maximum atomic E-state index is 13.5. The van der Waals surface area contributed by atoms with E-state index in [1.165, 1.54) is 10.4 Å². The molecule has 1 saturated heterocycles. The van der Waals surface area contributed by atoms with E-state index in [9.17, 15) is 9.00 Å². The van der Waals surface area contributed by atoms with Crippen LogP contribution in [0, 0.1) is 19.8 Å². The van der Waals surface area contributed by atoms with Crippen LogP contribution in [0.3, 0.4) is 0 Å². The summed E-state index contributed by atoms with van der Waals surface area (Å²) in [6, 6.07) is 11.7. The highest BCUT2D eigenvalue weighted by Crippen LogP contribution is 2.32. The summed E-state index contributed by atoms with van der Waals surface area (Å²) in [6.07, 6.45) is 0.426. The van der Waals surface area contributed by atoms with E-state index in [0.29, 0.717) is 29.6 Å². The molecular weight excluding hydrogens is 556 g/mol. The fraction of sp³-hybridized carbons (Fsp3) is 0.484. The number of benzene rings is 1. The van der Waals surface area contributed by atoms with Crippen molar-refractivity contribution in [1.29, 1.82) is 0 Å². The maximum Gasteiger partial charge on any atom is 0.410 e. The quantitative estimate of drug-likeness (QED) is 0.284. The third kappa shape index (κ3) is 7.04. The molecule has 41 heavy (non-hydrogen) atoms. The van der Waals surface area contributed by atoms with Crippen LogP contribution in [0.5, 0.6) is 5.75 Å². The van der Waals surface area contributed by atoms with Gasteiger partial charge in [0.2, 0.25) is 0 Å². The van der Waals surface area contributed by atoms with Crippen LogP contribution in [0.25, 0.3) is 10.4 Å². The SMILES string of the molecule is CCC(OC(=O)N1[C@H](C)CN(c2ccc(OC)c(NS(=O)c3ccc(-c4cc(C)cs4)cc3C)n2)C[C@@H]1C)C(C)C. The van der Waals surface area contributed by atoms with E-state index in [2.05, 4.69) is 47.9 Å². The van der Waals surface area contributed by atoms with Crippen LogP contribution >= 0.6 is 11.3 Å². The molecule has 4 atom stereocenters. The molecule has 10 heteroatoms. The van der Waals surface area contributed by atoms with E-state index in [1.807, 2.05) is 56.9 Å². The van der Waals surface area contributed by atoms with Gasteiger partial charge >= 0.3 is 6.09 Å². The van der Waals surface area contributed by atoms with Crippen molar-refractivity contribution in [2.75, 3.05) is 29.8 Å². The van der Waals surface area contributed by atoms with Gasteiger partial charge in [-0.15, -0.1) is 11.3 Å². The Morgan fingerprint density at radius 1 is 1.15 bits per heavy atom. The summed E-state index contributed by atoms with van der Waals surface area (Å²) in [5, 5.41) is 2.13. The van der Waals surface area contributed by atoms with Gasteiger partial charge < -0.3 is 14.4 Å².